The molecular formula is C17H23NO2. The number of nitrogens with one attached hydrogen (secondary N) is 1. The monoisotopic (exact) mass is 273 g/mol. The van der Waals surface area contributed by atoms with E-state index in [1.54, 1.807) is 0 Å². The molecule has 20 heavy (non-hydrogen) atoms. The number of hydrogen-bond acceptors (Lipinski definition) is 2. The van der Waals surface area contributed by atoms with Crippen LogP contribution < -0.4 is 5.32 Å². The van der Waals surface area contributed by atoms with Crippen molar-refractivity contribution in [1.82, 2.24) is 5.32 Å². The van der Waals surface area contributed by atoms with Gasteiger partial charge >= 0.3 is 0 Å². The second-order valence-electron chi connectivity index (χ2n) is 7.33. The van der Waals surface area contributed by atoms with Gasteiger partial charge in [0.25, 0.3) is 0 Å². The molecule has 0 radical (unpaired) electrons. The number of carbonyl (C=O) groups is 1. The third-order valence-corrected chi connectivity index (χ3v) is 5.78. The number of aliphatic hydroxyl groups is 1. The number of carbonyl (C=O) groups excluding carboxylic acids is 1. The minimum Gasteiger partial charge on any atom is -0.390 e. The topological polar surface area (TPSA) is 49.3 Å². The fourth-order valence-electron chi connectivity index (χ4n) is 3.84. The summed E-state index contributed by atoms with van der Waals surface area (Å²) in [7, 11) is 0. The SMILES string of the molecule is CC1(C)C(C(=O)N[C@@H]2c3ccccc3C[C@@H]2O)C1(C)C. The first-order valence-corrected chi connectivity index (χ1v) is 7.33. The van der Waals surface area contributed by atoms with E-state index in [1.165, 1.54) is 0 Å². The summed E-state index contributed by atoms with van der Waals surface area (Å²) in [6, 6.07) is 7.70. The highest BCUT2D eigenvalue weighted by Gasteiger charge is 2.68. The first-order chi connectivity index (χ1) is 9.26. The Morgan fingerprint density at radius 3 is 2.40 bits per heavy atom. The van der Waals surface area contributed by atoms with Crippen LogP contribution in [0, 0.1) is 16.7 Å². The Bertz CT molecular complexity index is 548. The van der Waals surface area contributed by atoms with Gasteiger partial charge in [-0.1, -0.05) is 52.0 Å². The van der Waals surface area contributed by atoms with E-state index in [0.717, 1.165) is 11.1 Å². The summed E-state index contributed by atoms with van der Waals surface area (Å²) in [6.45, 7) is 8.54. The van der Waals surface area contributed by atoms with E-state index in [1.807, 2.05) is 24.3 Å². The van der Waals surface area contributed by atoms with Gasteiger partial charge < -0.3 is 10.4 Å². The van der Waals surface area contributed by atoms with Crippen molar-refractivity contribution >= 4 is 5.91 Å². The van der Waals surface area contributed by atoms with Gasteiger partial charge in [-0.2, -0.15) is 0 Å². The Labute approximate surface area is 120 Å². The van der Waals surface area contributed by atoms with E-state index in [4.69, 9.17) is 0 Å². The third-order valence-electron chi connectivity index (χ3n) is 5.78. The van der Waals surface area contributed by atoms with Crippen molar-refractivity contribution in [2.45, 2.75) is 46.3 Å². The van der Waals surface area contributed by atoms with Gasteiger partial charge in [0.1, 0.15) is 0 Å². The molecule has 3 rings (SSSR count). The largest absolute Gasteiger partial charge is 0.390 e. The molecular weight excluding hydrogens is 250 g/mol. The van der Waals surface area contributed by atoms with E-state index in [0.29, 0.717) is 6.42 Å². The molecule has 0 aliphatic heterocycles. The minimum absolute atomic E-state index is 0.0231. The summed E-state index contributed by atoms with van der Waals surface area (Å²) in [6.07, 6.45) is 0.111. The lowest BCUT2D eigenvalue weighted by Crippen LogP contribution is -2.36. The van der Waals surface area contributed by atoms with Gasteiger partial charge in [0.2, 0.25) is 5.91 Å². The fraction of sp³-hybridized carbons (Fsp3) is 0.588. The molecule has 3 nitrogen and oxygen atoms in total. The minimum atomic E-state index is -0.513. The van der Waals surface area contributed by atoms with Crippen LogP contribution in [0.5, 0.6) is 0 Å². The quantitative estimate of drug-likeness (QED) is 0.869. The molecule has 1 fully saturated rings. The molecule has 1 aromatic rings. The molecule has 3 heteroatoms. The Kier molecular flexibility index (Phi) is 2.78. The molecule has 2 N–H and O–H groups in total. The molecule has 0 heterocycles. The van der Waals surface area contributed by atoms with Crippen molar-refractivity contribution in [2.75, 3.05) is 0 Å². The molecule has 2 atom stereocenters. The number of rotatable bonds is 2. The van der Waals surface area contributed by atoms with Gasteiger partial charge in [-0.15, -0.1) is 0 Å². The lowest BCUT2D eigenvalue weighted by atomic mass is 10.0. The lowest BCUT2D eigenvalue weighted by molar-refractivity contribution is -0.125. The first-order valence-electron chi connectivity index (χ1n) is 7.33. The predicted octanol–water partition coefficient (Wildman–Crippen LogP) is 2.44. The summed E-state index contributed by atoms with van der Waals surface area (Å²) in [5, 5.41) is 13.3. The fourth-order valence-corrected chi connectivity index (χ4v) is 3.84. The van der Waals surface area contributed by atoms with Crippen LogP contribution in [0.1, 0.15) is 44.9 Å². The van der Waals surface area contributed by atoms with Crippen LogP contribution in [0.4, 0.5) is 0 Å². The van der Waals surface area contributed by atoms with Crippen molar-refractivity contribution in [2.24, 2.45) is 16.7 Å². The first kappa shape index (κ1) is 13.6. The lowest BCUT2D eigenvalue weighted by Gasteiger charge is -2.18. The van der Waals surface area contributed by atoms with Crippen molar-refractivity contribution < 1.29 is 9.90 Å². The van der Waals surface area contributed by atoms with Crippen LogP contribution in [-0.2, 0) is 11.2 Å². The maximum atomic E-state index is 12.5. The molecule has 108 valence electrons. The number of amides is 1. The highest BCUT2D eigenvalue weighted by atomic mass is 16.3. The third kappa shape index (κ3) is 1.72. The van der Waals surface area contributed by atoms with Gasteiger partial charge in [-0.05, 0) is 22.0 Å². The zero-order valence-corrected chi connectivity index (χ0v) is 12.6. The average Bonchev–Trinajstić information content (AvgIpc) is 2.63. The molecule has 0 bridgehead atoms. The van der Waals surface area contributed by atoms with E-state index in [9.17, 15) is 9.90 Å². The summed E-state index contributed by atoms with van der Waals surface area (Å²) < 4.78 is 0. The zero-order chi connectivity index (χ0) is 14.7. The molecule has 0 aromatic heterocycles. The number of fused-ring (bicyclic) bond motifs is 1. The van der Waals surface area contributed by atoms with Crippen molar-refractivity contribution in [1.29, 1.82) is 0 Å². The summed E-state index contributed by atoms with van der Waals surface area (Å²) in [5.74, 6) is 0.0933. The van der Waals surface area contributed by atoms with Crippen molar-refractivity contribution in [3.05, 3.63) is 35.4 Å². The van der Waals surface area contributed by atoms with E-state index in [2.05, 4.69) is 33.0 Å². The van der Waals surface area contributed by atoms with Gasteiger partial charge in [0, 0.05) is 12.3 Å². The maximum absolute atomic E-state index is 12.5. The van der Waals surface area contributed by atoms with Crippen molar-refractivity contribution in [3.8, 4) is 0 Å². The van der Waals surface area contributed by atoms with Crippen LogP contribution in [0.15, 0.2) is 24.3 Å². The molecule has 0 unspecified atom stereocenters. The zero-order valence-electron chi connectivity index (χ0n) is 12.6. The van der Waals surface area contributed by atoms with Gasteiger partial charge in [0.05, 0.1) is 12.1 Å². The molecule has 1 aromatic carbocycles. The Morgan fingerprint density at radius 2 is 1.80 bits per heavy atom. The number of hydrogen-bond donors (Lipinski definition) is 2. The maximum Gasteiger partial charge on any atom is 0.224 e. The smallest absolute Gasteiger partial charge is 0.224 e. The van der Waals surface area contributed by atoms with Crippen LogP contribution in [0.25, 0.3) is 0 Å². The second kappa shape index (κ2) is 4.08. The Hall–Kier alpha value is -1.35. The Morgan fingerprint density at radius 1 is 1.20 bits per heavy atom. The summed E-state index contributed by atoms with van der Waals surface area (Å²) >= 11 is 0. The molecule has 0 spiro atoms. The molecule has 2 aliphatic carbocycles. The van der Waals surface area contributed by atoms with Gasteiger partial charge in [0.15, 0.2) is 0 Å². The van der Waals surface area contributed by atoms with Crippen LogP contribution in [-0.4, -0.2) is 17.1 Å². The average molecular weight is 273 g/mol. The van der Waals surface area contributed by atoms with E-state index in [-0.39, 0.29) is 28.7 Å². The van der Waals surface area contributed by atoms with Crippen LogP contribution >= 0.6 is 0 Å². The number of benzene rings is 1. The summed E-state index contributed by atoms with van der Waals surface area (Å²) in [5.41, 5.74) is 2.25. The van der Waals surface area contributed by atoms with Crippen LogP contribution in [0.3, 0.4) is 0 Å². The second-order valence-corrected chi connectivity index (χ2v) is 7.33. The Balaban J connectivity index is 1.78. The van der Waals surface area contributed by atoms with Crippen molar-refractivity contribution in [3.63, 3.8) is 0 Å². The normalized spacial score (nSPS) is 29.9. The molecule has 1 saturated carbocycles. The van der Waals surface area contributed by atoms with E-state index < -0.39 is 6.10 Å². The standard InChI is InChI=1S/C17H23NO2/c1-16(2)14(17(16,3)4)15(20)18-13-11-8-6-5-7-10(11)9-12(13)19/h5-8,12-14,19H,9H2,1-4H3,(H,18,20)/t12-,13+/m0/s1. The summed E-state index contributed by atoms with van der Waals surface area (Å²) in [4.78, 5) is 12.5. The van der Waals surface area contributed by atoms with Gasteiger partial charge in [-0.3, -0.25) is 4.79 Å². The van der Waals surface area contributed by atoms with E-state index >= 15 is 0 Å². The van der Waals surface area contributed by atoms with Crippen LogP contribution in [0.2, 0.25) is 0 Å². The number of aliphatic hydroxyl groups excluding tert-OH is 1. The highest BCUT2D eigenvalue weighted by Crippen LogP contribution is 2.68. The molecule has 0 saturated heterocycles. The highest BCUT2D eigenvalue weighted by molar-refractivity contribution is 5.84. The molecule has 1 amide bonds. The predicted molar refractivity (Wildman–Crippen MR) is 78.1 cm³/mol. The molecule has 2 aliphatic rings. The van der Waals surface area contributed by atoms with Gasteiger partial charge in [-0.25, -0.2) is 0 Å².